The highest BCUT2D eigenvalue weighted by Gasteiger charge is 2.17. The predicted molar refractivity (Wildman–Crippen MR) is 104 cm³/mol. The number of H-pyrrole nitrogens is 1. The van der Waals surface area contributed by atoms with Gasteiger partial charge in [0.15, 0.2) is 0 Å². The minimum absolute atomic E-state index is 0.0484. The maximum absolute atomic E-state index is 13.8. The Morgan fingerprint density at radius 1 is 1.32 bits per heavy atom. The van der Waals surface area contributed by atoms with Crippen molar-refractivity contribution in [3.8, 4) is 11.9 Å². The van der Waals surface area contributed by atoms with Gasteiger partial charge >= 0.3 is 5.69 Å². The zero-order valence-corrected chi connectivity index (χ0v) is 15.0. The molecular weight excluding hydrogens is 383 g/mol. The molecule has 2 heterocycles. The molecule has 0 atom stereocenters. The molecular formula is C20H12ClFN4O2. The van der Waals surface area contributed by atoms with E-state index in [0.29, 0.717) is 21.8 Å². The Morgan fingerprint density at radius 2 is 2.14 bits per heavy atom. The minimum Gasteiger partial charge on any atom is -0.493 e. The lowest BCUT2D eigenvalue weighted by molar-refractivity contribution is 0.420. The standard InChI is InChI=1S/C20H12ClFN4O2/c21-14-3-4-15-13(9-24-17(15)7-14)6-18-19(27)26(20(28)25-18)10-11-1-2-12(8-23)16(22)5-11/h1-7,9,27H,10H2,(H,25,28). The fourth-order valence-corrected chi connectivity index (χ4v) is 3.16. The molecule has 0 aliphatic carbocycles. The van der Waals surface area contributed by atoms with Crippen LogP contribution in [0.15, 0.2) is 46.2 Å². The lowest BCUT2D eigenvalue weighted by atomic mass is 10.1. The number of fused-ring (bicyclic) bond motifs is 1. The van der Waals surface area contributed by atoms with Gasteiger partial charge in [0.05, 0.1) is 17.8 Å². The van der Waals surface area contributed by atoms with Crippen LogP contribution in [0.1, 0.15) is 22.4 Å². The molecule has 6 nitrogen and oxygen atoms in total. The van der Waals surface area contributed by atoms with Crippen LogP contribution >= 0.6 is 11.6 Å². The molecule has 0 amide bonds. The molecule has 2 aromatic carbocycles. The lowest BCUT2D eigenvalue weighted by Crippen LogP contribution is -2.17. The van der Waals surface area contributed by atoms with Gasteiger partial charge in [-0.1, -0.05) is 23.7 Å². The Kier molecular flexibility index (Phi) is 4.34. The van der Waals surface area contributed by atoms with E-state index in [4.69, 9.17) is 16.9 Å². The summed E-state index contributed by atoms with van der Waals surface area (Å²) in [5.74, 6) is -0.957. The van der Waals surface area contributed by atoms with Crippen LogP contribution < -0.4 is 5.69 Å². The van der Waals surface area contributed by atoms with E-state index >= 15 is 0 Å². The summed E-state index contributed by atoms with van der Waals surface area (Å²) in [6.45, 7) is -0.0484. The number of nitrogens with zero attached hydrogens (tertiary/aromatic N) is 3. The summed E-state index contributed by atoms with van der Waals surface area (Å²) in [5.41, 5.74) is 2.26. The van der Waals surface area contributed by atoms with Crippen LogP contribution in [-0.2, 0) is 6.54 Å². The van der Waals surface area contributed by atoms with Gasteiger partial charge in [-0.15, -0.1) is 0 Å². The average molecular weight is 395 g/mol. The molecule has 0 unspecified atom stereocenters. The van der Waals surface area contributed by atoms with Crippen LogP contribution in [0.3, 0.4) is 0 Å². The van der Waals surface area contributed by atoms with Gasteiger partial charge in [-0.25, -0.2) is 9.18 Å². The maximum atomic E-state index is 13.8. The summed E-state index contributed by atoms with van der Waals surface area (Å²) in [5, 5.41) is 19.8. The first-order valence-electron chi connectivity index (χ1n) is 8.22. The van der Waals surface area contributed by atoms with E-state index in [1.807, 2.05) is 6.07 Å². The Morgan fingerprint density at radius 3 is 2.89 bits per heavy atom. The van der Waals surface area contributed by atoms with Crippen LogP contribution in [-0.4, -0.2) is 20.9 Å². The van der Waals surface area contributed by atoms with E-state index in [1.165, 1.54) is 18.2 Å². The Labute approximate surface area is 163 Å². The molecule has 8 heteroatoms. The zero-order chi connectivity index (χ0) is 19.8. The third kappa shape index (κ3) is 3.10. The summed E-state index contributed by atoms with van der Waals surface area (Å²) in [6.07, 6.45) is 3.22. The number of rotatable bonds is 3. The normalized spacial score (nSPS) is 13.7. The topological polar surface area (TPSA) is 94.2 Å². The monoisotopic (exact) mass is 394 g/mol. The van der Waals surface area contributed by atoms with Crippen LogP contribution in [0.25, 0.3) is 11.6 Å². The molecule has 2 N–H and O–H groups in total. The number of hydrogen-bond acceptors (Lipinski definition) is 4. The number of nitriles is 1. The van der Waals surface area contributed by atoms with Gasteiger partial charge < -0.3 is 10.1 Å². The largest absolute Gasteiger partial charge is 0.493 e. The first-order chi connectivity index (χ1) is 13.5. The molecule has 0 spiro atoms. The Balaban J connectivity index is 1.68. The van der Waals surface area contributed by atoms with E-state index in [-0.39, 0.29) is 23.7 Å². The molecule has 1 aliphatic rings. The average Bonchev–Trinajstić information content (AvgIpc) is 3.17. The predicted octanol–water partition coefficient (Wildman–Crippen LogP) is 3.85. The molecule has 0 fully saturated rings. The van der Waals surface area contributed by atoms with Crippen molar-refractivity contribution >= 4 is 35.2 Å². The third-order valence-electron chi connectivity index (χ3n) is 4.39. The van der Waals surface area contributed by atoms with Crippen molar-refractivity contribution in [1.82, 2.24) is 9.55 Å². The highest BCUT2D eigenvalue weighted by Crippen LogP contribution is 2.35. The van der Waals surface area contributed by atoms with Crippen molar-refractivity contribution in [2.24, 2.45) is 4.99 Å². The van der Waals surface area contributed by atoms with Gasteiger partial charge in [-0.3, -0.25) is 9.56 Å². The second kappa shape index (κ2) is 6.83. The molecule has 3 aromatic rings. The van der Waals surface area contributed by atoms with Gasteiger partial charge in [0.25, 0.3) is 0 Å². The highest BCUT2D eigenvalue weighted by atomic mass is 35.5. The van der Waals surface area contributed by atoms with Crippen molar-refractivity contribution in [2.45, 2.75) is 6.54 Å². The van der Waals surface area contributed by atoms with E-state index in [9.17, 15) is 14.3 Å². The van der Waals surface area contributed by atoms with Gasteiger partial charge in [0.1, 0.15) is 17.6 Å². The van der Waals surface area contributed by atoms with E-state index in [2.05, 4.69) is 9.98 Å². The minimum atomic E-state index is -0.678. The van der Waals surface area contributed by atoms with Crippen molar-refractivity contribution in [3.63, 3.8) is 0 Å². The lowest BCUT2D eigenvalue weighted by Gasteiger charge is -2.05. The number of nitrogens with one attached hydrogen (secondary N) is 1. The van der Waals surface area contributed by atoms with E-state index < -0.39 is 11.5 Å². The maximum Gasteiger partial charge on any atom is 0.329 e. The molecule has 1 aromatic heterocycles. The number of allylic oxidation sites excluding steroid dienone is 1. The first kappa shape index (κ1) is 17.8. The van der Waals surface area contributed by atoms with Gasteiger partial charge in [-0.2, -0.15) is 5.26 Å². The van der Waals surface area contributed by atoms with Crippen LogP contribution in [0.4, 0.5) is 10.1 Å². The van der Waals surface area contributed by atoms with Crippen molar-refractivity contribution in [2.75, 3.05) is 0 Å². The summed E-state index contributed by atoms with van der Waals surface area (Å²) in [6, 6.07) is 11.0. The summed E-state index contributed by atoms with van der Waals surface area (Å²) >= 11 is 5.96. The van der Waals surface area contributed by atoms with E-state index in [1.54, 1.807) is 30.5 Å². The number of aromatic hydroxyl groups is 1. The van der Waals surface area contributed by atoms with Gasteiger partial charge in [-0.05, 0) is 35.9 Å². The number of hydrogen-bond donors (Lipinski definition) is 2. The Bertz CT molecular complexity index is 1260. The fourth-order valence-electron chi connectivity index (χ4n) is 2.99. The van der Waals surface area contributed by atoms with Gasteiger partial charge in [0, 0.05) is 22.4 Å². The van der Waals surface area contributed by atoms with Crippen molar-refractivity contribution in [3.05, 3.63) is 80.1 Å². The first-order valence-corrected chi connectivity index (χ1v) is 8.60. The zero-order valence-electron chi connectivity index (χ0n) is 14.3. The van der Waals surface area contributed by atoms with Crippen LogP contribution in [0.2, 0.25) is 5.02 Å². The van der Waals surface area contributed by atoms with Crippen molar-refractivity contribution in [1.29, 1.82) is 5.26 Å². The number of aromatic nitrogens is 2. The van der Waals surface area contributed by atoms with E-state index in [0.717, 1.165) is 10.1 Å². The molecule has 0 bridgehead atoms. The number of halogens is 2. The second-order valence-corrected chi connectivity index (χ2v) is 6.64. The van der Waals surface area contributed by atoms with Gasteiger partial charge in [0.2, 0.25) is 5.88 Å². The molecule has 0 radical (unpaired) electrons. The molecule has 0 saturated carbocycles. The smallest absolute Gasteiger partial charge is 0.329 e. The Hall–Kier alpha value is -3.63. The summed E-state index contributed by atoms with van der Waals surface area (Å²) < 4.78 is 14.9. The number of benzene rings is 2. The molecule has 0 saturated heterocycles. The molecule has 138 valence electrons. The quantitative estimate of drug-likeness (QED) is 0.706. The molecule has 4 rings (SSSR count). The number of imidazole rings is 1. The SMILES string of the molecule is N#Cc1ccc(Cn2c(O)c(C=C3C=Nc4cc(Cl)ccc43)[nH]c2=O)cc1F. The third-order valence-corrected chi connectivity index (χ3v) is 4.63. The highest BCUT2D eigenvalue weighted by molar-refractivity contribution is 6.31. The summed E-state index contributed by atoms with van der Waals surface area (Å²) in [7, 11) is 0. The van der Waals surface area contributed by atoms with Crippen molar-refractivity contribution < 1.29 is 9.50 Å². The molecule has 1 aliphatic heterocycles. The number of aromatic amines is 1. The number of aliphatic imine (C=N–C) groups is 1. The second-order valence-electron chi connectivity index (χ2n) is 6.20. The summed E-state index contributed by atoms with van der Waals surface area (Å²) in [4.78, 5) is 19.1. The molecule has 28 heavy (non-hydrogen) atoms. The van der Waals surface area contributed by atoms with Crippen LogP contribution in [0, 0.1) is 17.1 Å². The van der Waals surface area contributed by atoms with Crippen LogP contribution in [0.5, 0.6) is 5.88 Å². The fraction of sp³-hybridized carbons (Fsp3) is 0.0500.